The number of carboxylic acid groups (broad SMARTS) is 1. The molecule has 0 radical (unpaired) electrons. The first-order valence-corrected chi connectivity index (χ1v) is 8.56. The van der Waals surface area contributed by atoms with Crippen molar-refractivity contribution in [1.82, 2.24) is 19.7 Å². The van der Waals surface area contributed by atoms with Crippen LogP contribution in [0.2, 0.25) is 5.02 Å². The number of benzene rings is 1. The third-order valence-corrected chi connectivity index (χ3v) is 4.34. The summed E-state index contributed by atoms with van der Waals surface area (Å²) in [6.07, 6.45) is 2.20. The van der Waals surface area contributed by atoms with Crippen molar-refractivity contribution < 1.29 is 23.1 Å². The van der Waals surface area contributed by atoms with Gasteiger partial charge in [0.25, 0.3) is 0 Å². The molecule has 4 rings (SSSR count). The lowest BCUT2D eigenvalue weighted by Gasteiger charge is -2.05. The molecule has 0 aliphatic rings. The largest absolute Gasteiger partial charge is 0.490 e. The van der Waals surface area contributed by atoms with E-state index in [1.165, 1.54) is 0 Å². The maximum absolute atomic E-state index is 10.6. The third-order valence-electron chi connectivity index (χ3n) is 3.94. The van der Waals surface area contributed by atoms with Crippen LogP contribution in [0, 0.1) is 11.3 Å². The maximum atomic E-state index is 10.6. The molecular weight excluding hydrogens is 423 g/mol. The number of pyridine rings is 1. The number of hydrogen-bond donors (Lipinski definition) is 2. The topological polar surface area (TPSA) is 108 Å². The van der Waals surface area contributed by atoms with Gasteiger partial charge in [0.1, 0.15) is 11.7 Å². The summed E-state index contributed by atoms with van der Waals surface area (Å²) in [5.41, 5.74) is 3.93. The van der Waals surface area contributed by atoms with E-state index in [0.717, 1.165) is 22.2 Å². The Labute approximate surface area is 172 Å². The fraction of sp³-hybridized carbons (Fsp3) is 0.0526. The van der Waals surface area contributed by atoms with Crippen molar-refractivity contribution in [3.05, 3.63) is 65.7 Å². The first-order valence-electron chi connectivity index (χ1n) is 8.18. The van der Waals surface area contributed by atoms with Crippen molar-refractivity contribution in [3.8, 4) is 22.9 Å². The number of nitrogens with one attached hydrogen (secondary N) is 1. The standard InChI is InChI=1S/C17H10ClN5.C2HF3O2/c18-16-11(8-19)2-1-3-15(16)23-10-12(9-22-23)13-4-6-20-17-14(13)5-7-21-17;3-2(4,5)1(6)7/h1-7,9-10H,(H,20,21);(H,6,7). The first kappa shape index (κ1) is 20.9. The van der Waals surface area contributed by atoms with Crippen LogP contribution < -0.4 is 0 Å². The quantitative estimate of drug-likeness (QED) is 0.481. The molecule has 11 heteroatoms. The number of nitrogens with zero attached hydrogens (tertiary/aromatic N) is 4. The lowest BCUT2D eigenvalue weighted by Crippen LogP contribution is -2.21. The van der Waals surface area contributed by atoms with Gasteiger partial charge in [-0.1, -0.05) is 17.7 Å². The number of fused-ring (bicyclic) bond motifs is 1. The highest BCUT2D eigenvalue weighted by Gasteiger charge is 2.38. The first-order chi connectivity index (χ1) is 14.2. The van der Waals surface area contributed by atoms with Crippen LogP contribution in [0.3, 0.4) is 0 Å². The molecule has 30 heavy (non-hydrogen) atoms. The van der Waals surface area contributed by atoms with Gasteiger partial charge in [-0.05, 0) is 29.8 Å². The molecule has 0 aliphatic heterocycles. The smallest absolute Gasteiger partial charge is 0.475 e. The number of halogens is 4. The summed E-state index contributed by atoms with van der Waals surface area (Å²) < 4.78 is 33.4. The van der Waals surface area contributed by atoms with E-state index in [2.05, 4.69) is 21.1 Å². The van der Waals surface area contributed by atoms with Gasteiger partial charge < -0.3 is 10.1 Å². The van der Waals surface area contributed by atoms with E-state index >= 15 is 0 Å². The van der Waals surface area contributed by atoms with Crippen molar-refractivity contribution in [2.24, 2.45) is 0 Å². The van der Waals surface area contributed by atoms with Crippen LogP contribution in [0.1, 0.15) is 5.56 Å². The molecule has 0 unspecified atom stereocenters. The Morgan fingerprint density at radius 3 is 2.67 bits per heavy atom. The van der Waals surface area contributed by atoms with E-state index in [-0.39, 0.29) is 0 Å². The number of rotatable bonds is 2. The van der Waals surface area contributed by atoms with Gasteiger partial charge in [-0.25, -0.2) is 14.5 Å². The summed E-state index contributed by atoms with van der Waals surface area (Å²) in [6, 6.07) is 11.3. The van der Waals surface area contributed by atoms with Crippen LogP contribution >= 0.6 is 11.6 Å². The monoisotopic (exact) mass is 433 g/mol. The molecule has 0 saturated carbocycles. The van der Waals surface area contributed by atoms with Crippen LogP contribution in [-0.4, -0.2) is 37.0 Å². The zero-order chi connectivity index (χ0) is 21.9. The number of aromatic amines is 1. The van der Waals surface area contributed by atoms with Crippen LogP contribution in [-0.2, 0) is 4.79 Å². The van der Waals surface area contributed by atoms with E-state index in [1.807, 2.05) is 30.6 Å². The number of alkyl halides is 3. The molecule has 0 saturated heterocycles. The van der Waals surface area contributed by atoms with Crippen molar-refractivity contribution in [2.75, 3.05) is 0 Å². The van der Waals surface area contributed by atoms with Gasteiger partial charge >= 0.3 is 12.1 Å². The van der Waals surface area contributed by atoms with Crippen LogP contribution in [0.15, 0.2) is 55.1 Å². The Hall–Kier alpha value is -3.84. The van der Waals surface area contributed by atoms with Crippen molar-refractivity contribution >= 4 is 28.6 Å². The molecule has 0 bridgehead atoms. The van der Waals surface area contributed by atoms with E-state index in [9.17, 15) is 13.2 Å². The van der Waals surface area contributed by atoms with Gasteiger partial charge in [-0.2, -0.15) is 23.5 Å². The summed E-state index contributed by atoms with van der Waals surface area (Å²) in [5, 5.41) is 22.0. The molecule has 0 amide bonds. The molecule has 0 aliphatic carbocycles. The number of nitriles is 1. The molecule has 0 atom stereocenters. The van der Waals surface area contributed by atoms with E-state index in [4.69, 9.17) is 26.8 Å². The molecule has 7 nitrogen and oxygen atoms in total. The fourth-order valence-electron chi connectivity index (χ4n) is 2.59. The van der Waals surface area contributed by atoms with Crippen molar-refractivity contribution in [2.45, 2.75) is 6.18 Å². The number of H-pyrrole nitrogens is 1. The molecule has 152 valence electrons. The summed E-state index contributed by atoms with van der Waals surface area (Å²) in [4.78, 5) is 16.3. The highest BCUT2D eigenvalue weighted by molar-refractivity contribution is 6.33. The Kier molecular flexibility index (Phi) is 5.75. The Morgan fingerprint density at radius 1 is 1.27 bits per heavy atom. The number of carbonyl (C=O) groups is 1. The van der Waals surface area contributed by atoms with E-state index in [1.54, 1.807) is 29.2 Å². The Morgan fingerprint density at radius 2 is 2.00 bits per heavy atom. The second kappa shape index (κ2) is 8.26. The summed E-state index contributed by atoms with van der Waals surface area (Å²) in [6.45, 7) is 0. The minimum absolute atomic E-state index is 0.395. The van der Waals surface area contributed by atoms with E-state index < -0.39 is 12.1 Å². The van der Waals surface area contributed by atoms with Crippen molar-refractivity contribution in [3.63, 3.8) is 0 Å². The lowest BCUT2D eigenvalue weighted by molar-refractivity contribution is -0.192. The minimum Gasteiger partial charge on any atom is -0.475 e. The molecule has 4 aromatic rings. The molecule has 3 heterocycles. The number of aromatic nitrogens is 4. The zero-order valence-corrected chi connectivity index (χ0v) is 15.6. The number of carboxylic acids is 1. The van der Waals surface area contributed by atoms with Gasteiger partial charge in [0, 0.05) is 29.5 Å². The lowest BCUT2D eigenvalue weighted by atomic mass is 10.1. The third kappa shape index (κ3) is 4.26. The zero-order valence-electron chi connectivity index (χ0n) is 14.9. The van der Waals surface area contributed by atoms with Gasteiger partial charge in [0.15, 0.2) is 0 Å². The fourth-order valence-corrected chi connectivity index (χ4v) is 2.84. The number of aliphatic carboxylic acids is 1. The predicted molar refractivity (Wildman–Crippen MR) is 102 cm³/mol. The number of hydrogen-bond acceptors (Lipinski definition) is 4. The van der Waals surface area contributed by atoms with E-state index in [0.29, 0.717) is 16.3 Å². The average molecular weight is 434 g/mol. The van der Waals surface area contributed by atoms with Gasteiger partial charge in [-0.3, -0.25) is 0 Å². The predicted octanol–water partition coefficient (Wildman–Crippen LogP) is 4.57. The normalized spacial score (nSPS) is 10.9. The minimum atomic E-state index is -5.08. The molecule has 0 fully saturated rings. The van der Waals surface area contributed by atoms with Crippen molar-refractivity contribution in [1.29, 1.82) is 5.26 Å². The van der Waals surface area contributed by atoms with Gasteiger partial charge in [0.2, 0.25) is 0 Å². The van der Waals surface area contributed by atoms with Gasteiger partial charge in [-0.15, -0.1) is 0 Å². The second-order valence-corrected chi connectivity index (χ2v) is 6.20. The summed E-state index contributed by atoms with van der Waals surface area (Å²) >= 11 is 6.28. The Balaban J connectivity index is 0.000000318. The maximum Gasteiger partial charge on any atom is 0.490 e. The summed E-state index contributed by atoms with van der Waals surface area (Å²) in [7, 11) is 0. The molecule has 3 aromatic heterocycles. The highest BCUT2D eigenvalue weighted by atomic mass is 35.5. The second-order valence-electron chi connectivity index (χ2n) is 5.83. The molecule has 1 aromatic carbocycles. The molecular formula is C19H11ClF3N5O2. The molecule has 0 spiro atoms. The average Bonchev–Trinajstić information content (AvgIpc) is 3.37. The van der Waals surface area contributed by atoms with Crippen LogP contribution in [0.25, 0.3) is 27.8 Å². The SMILES string of the molecule is N#Cc1cccc(-n2cc(-c3ccnc4[nH]ccc34)cn2)c1Cl.O=C(O)C(F)(F)F. The Bertz CT molecular complexity index is 1260. The van der Waals surface area contributed by atoms with Crippen LogP contribution in [0.5, 0.6) is 0 Å². The highest BCUT2D eigenvalue weighted by Crippen LogP contribution is 2.29. The van der Waals surface area contributed by atoms with Gasteiger partial charge in [0.05, 0.1) is 22.5 Å². The molecule has 2 N–H and O–H groups in total. The summed E-state index contributed by atoms with van der Waals surface area (Å²) in [5.74, 6) is -2.76. The van der Waals surface area contributed by atoms with Crippen LogP contribution in [0.4, 0.5) is 13.2 Å².